The molecule has 0 N–H and O–H groups in total. The maximum Gasteiger partial charge on any atom is 0.356 e. The quantitative estimate of drug-likeness (QED) is 0.189. The molecule has 11 heteroatoms. The molecule has 2 aromatic heterocycles. The average molecular weight is 507 g/mol. The molecule has 0 saturated heterocycles. The lowest BCUT2D eigenvalue weighted by molar-refractivity contribution is -0.0548. The fourth-order valence-electron chi connectivity index (χ4n) is 4.23. The summed E-state index contributed by atoms with van der Waals surface area (Å²) in [5.74, 6) is 0. The number of rotatable bonds is 12. The highest BCUT2D eigenvalue weighted by Crippen LogP contribution is 2.49. The Morgan fingerprint density at radius 2 is 1.74 bits per heavy atom. The van der Waals surface area contributed by atoms with Gasteiger partial charge in [0, 0.05) is 6.04 Å². The molecular weight excluding hydrogens is 475 g/mol. The number of fused-ring (bicyclic) bond motifs is 1. The van der Waals surface area contributed by atoms with Gasteiger partial charge in [0.1, 0.15) is 23.2 Å². The fraction of sp³-hybridized carbons (Fsp3) is 0.522. The molecule has 4 rings (SSSR count). The van der Waals surface area contributed by atoms with Crippen molar-refractivity contribution in [1.29, 1.82) is 0 Å². The summed E-state index contributed by atoms with van der Waals surface area (Å²) in [7, 11) is -3.33. The van der Waals surface area contributed by atoms with E-state index in [1.807, 2.05) is 42.9 Å². The van der Waals surface area contributed by atoms with Gasteiger partial charge in [-0.15, -0.1) is 11.8 Å². The first-order valence-corrected chi connectivity index (χ1v) is 14.4. The molecule has 0 spiro atoms. The summed E-state index contributed by atoms with van der Waals surface area (Å²) in [4.78, 5) is 13.4. The monoisotopic (exact) mass is 506 g/mol. The lowest BCUT2D eigenvalue weighted by Gasteiger charge is -2.23. The highest BCUT2D eigenvalue weighted by molar-refractivity contribution is 7.98. The topological polar surface area (TPSA) is 97.6 Å². The molecule has 2 heterocycles. The second-order valence-corrected chi connectivity index (χ2v) is 10.7. The second kappa shape index (κ2) is 11.7. The minimum Gasteiger partial charge on any atom is -0.371 e. The van der Waals surface area contributed by atoms with Crippen molar-refractivity contribution in [3.8, 4) is 0 Å². The van der Waals surface area contributed by atoms with Gasteiger partial charge in [-0.3, -0.25) is 4.57 Å². The highest BCUT2D eigenvalue weighted by atomic mass is 32.2. The van der Waals surface area contributed by atoms with E-state index in [9.17, 15) is 4.57 Å². The molecule has 1 aliphatic rings. The summed E-state index contributed by atoms with van der Waals surface area (Å²) in [6.07, 6.45) is 6.16. The average Bonchev–Trinajstić information content (AvgIpc) is 3.46. The molecule has 3 aromatic rings. The van der Waals surface area contributed by atoms with Gasteiger partial charge in [0.25, 0.3) is 0 Å². The number of benzene rings is 1. The van der Waals surface area contributed by atoms with Gasteiger partial charge in [0.15, 0.2) is 5.65 Å². The van der Waals surface area contributed by atoms with Crippen molar-refractivity contribution in [3.63, 3.8) is 0 Å². The van der Waals surface area contributed by atoms with Crippen molar-refractivity contribution in [2.24, 2.45) is 0 Å². The molecule has 0 radical (unpaired) electrons. The first-order valence-electron chi connectivity index (χ1n) is 11.4. The number of hydrogen-bond acceptors (Lipinski definition) is 9. The second-order valence-electron chi connectivity index (χ2n) is 7.95. The lowest BCUT2D eigenvalue weighted by atomic mass is 10.2. The highest BCUT2D eigenvalue weighted by Gasteiger charge is 2.39. The predicted octanol–water partition coefficient (Wildman–Crippen LogP) is 5.08. The number of thioether (sulfide) groups is 1. The van der Waals surface area contributed by atoms with Crippen LogP contribution in [-0.2, 0) is 29.7 Å². The van der Waals surface area contributed by atoms with E-state index in [0.29, 0.717) is 26.2 Å². The van der Waals surface area contributed by atoms with E-state index in [1.54, 1.807) is 31.9 Å². The van der Waals surface area contributed by atoms with Crippen LogP contribution in [0.5, 0.6) is 0 Å². The van der Waals surface area contributed by atoms with Crippen molar-refractivity contribution in [2.45, 2.75) is 56.6 Å². The number of nitrogens with zero attached hydrogens (tertiary/aromatic N) is 4. The smallest absolute Gasteiger partial charge is 0.356 e. The van der Waals surface area contributed by atoms with Crippen LogP contribution in [0, 0.1) is 0 Å². The third kappa shape index (κ3) is 5.87. The predicted molar refractivity (Wildman–Crippen MR) is 131 cm³/mol. The fourth-order valence-corrected chi connectivity index (χ4v) is 6.11. The van der Waals surface area contributed by atoms with Crippen LogP contribution < -0.4 is 0 Å². The van der Waals surface area contributed by atoms with E-state index in [-0.39, 0.29) is 24.6 Å². The maximum atomic E-state index is 13.0. The van der Waals surface area contributed by atoms with Crippen molar-refractivity contribution in [3.05, 3.63) is 48.5 Å². The van der Waals surface area contributed by atoms with Crippen LogP contribution in [0.15, 0.2) is 48.0 Å². The standard InChI is InChI=1S/C23H31N4O5PS/c1-4-31-33(28,32-5-2)16-30-20-12-18(11-19(20)29-13-17-9-7-6-8-10-17)27-15-26-21-22(27)24-14-25-23(21)34-3/h6-10,14-15,18-20H,4-5,11-13,16H2,1-3H3/t18-,19-,20-/m0/s1. The molecule has 1 aromatic carbocycles. The maximum absolute atomic E-state index is 13.0. The molecule has 9 nitrogen and oxygen atoms in total. The molecule has 0 amide bonds. The Bertz CT molecular complexity index is 1110. The molecule has 34 heavy (non-hydrogen) atoms. The molecule has 1 fully saturated rings. The van der Waals surface area contributed by atoms with Crippen LogP contribution in [0.1, 0.15) is 38.3 Å². The molecule has 0 aliphatic heterocycles. The van der Waals surface area contributed by atoms with Crippen LogP contribution >= 0.6 is 19.4 Å². The summed E-state index contributed by atoms with van der Waals surface area (Å²) >= 11 is 1.55. The Balaban J connectivity index is 1.53. The molecular formula is C23H31N4O5PS. The van der Waals surface area contributed by atoms with E-state index in [4.69, 9.17) is 18.5 Å². The zero-order chi connectivity index (χ0) is 24.0. The zero-order valence-corrected chi connectivity index (χ0v) is 21.4. The van der Waals surface area contributed by atoms with Gasteiger partial charge in [0.2, 0.25) is 0 Å². The summed E-state index contributed by atoms with van der Waals surface area (Å²) < 4.78 is 38.3. The largest absolute Gasteiger partial charge is 0.371 e. The van der Waals surface area contributed by atoms with Crippen molar-refractivity contribution < 1.29 is 23.1 Å². The normalized spacial score (nSPS) is 20.9. The van der Waals surface area contributed by atoms with Crippen LogP contribution in [0.4, 0.5) is 0 Å². The molecule has 0 unspecified atom stereocenters. The van der Waals surface area contributed by atoms with Crippen molar-refractivity contribution >= 4 is 30.5 Å². The van der Waals surface area contributed by atoms with Crippen LogP contribution in [0.3, 0.4) is 0 Å². The Kier molecular flexibility index (Phi) is 8.74. The summed E-state index contributed by atoms with van der Waals surface area (Å²) in [6.45, 7) is 4.63. The lowest BCUT2D eigenvalue weighted by Crippen LogP contribution is -2.26. The minimum absolute atomic E-state index is 0.0685. The first kappa shape index (κ1) is 25.3. The summed E-state index contributed by atoms with van der Waals surface area (Å²) in [6, 6.07) is 10.1. The van der Waals surface area contributed by atoms with E-state index in [0.717, 1.165) is 28.2 Å². The number of ether oxygens (including phenoxy) is 2. The number of imidazole rings is 1. The van der Waals surface area contributed by atoms with Crippen LogP contribution in [0.25, 0.3) is 11.2 Å². The van der Waals surface area contributed by atoms with Gasteiger partial charge in [-0.05, 0) is 38.5 Å². The van der Waals surface area contributed by atoms with Gasteiger partial charge < -0.3 is 23.1 Å². The van der Waals surface area contributed by atoms with Gasteiger partial charge in [0.05, 0.1) is 38.4 Å². The number of hydrogen-bond donors (Lipinski definition) is 0. The molecule has 3 atom stereocenters. The van der Waals surface area contributed by atoms with Crippen molar-refractivity contribution in [2.75, 3.05) is 25.8 Å². The Morgan fingerprint density at radius 3 is 2.41 bits per heavy atom. The van der Waals surface area contributed by atoms with Gasteiger partial charge in [-0.25, -0.2) is 15.0 Å². The van der Waals surface area contributed by atoms with E-state index in [1.165, 1.54) is 0 Å². The Morgan fingerprint density at radius 1 is 1.03 bits per heavy atom. The van der Waals surface area contributed by atoms with E-state index in [2.05, 4.69) is 19.5 Å². The first-order chi connectivity index (χ1) is 16.6. The van der Waals surface area contributed by atoms with Gasteiger partial charge in [-0.1, -0.05) is 30.3 Å². The van der Waals surface area contributed by atoms with Gasteiger partial charge in [-0.2, -0.15) is 0 Å². The SMILES string of the molecule is CCOP(=O)(CO[C@H]1C[C@@H](n2cnc3c(SC)ncnc32)C[C@@H]1OCc1ccccc1)OCC. The zero-order valence-electron chi connectivity index (χ0n) is 19.7. The Labute approximate surface area is 204 Å². The molecule has 0 bridgehead atoms. The summed E-state index contributed by atoms with van der Waals surface area (Å²) in [5.41, 5.74) is 2.67. The van der Waals surface area contributed by atoms with Crippen molar-refractivity contribution in [1.82, 2.24) is 19.5 Å². The third-order valence-corrected chi connectivity index (χ3v) is 8.19. The number of aromatic nitrogens is 4. The molecule has 1 aliphatic carbocycles. The summed E-state index contributed by atoms with van der Waals surface area (Å²) in [5, 5.41) is 0.848. The third-order valence-electron chi connectivity index (χ3n) is 5.74. The van der Waals surface area contributed by atoms with Crippen LogP contribution in [-0.4, -0.2) is 57.5 Å². The van der Waals surface area contributed by atoms with Crippen LogP contribution in [0.2, 0.25) is 0 Å². The van der Waals surface area contributed by atoms with E-state index >= 15 is 0 Å². The minimum atomic E-state index is -3.33. The Hall–Kier alpha value is -1.81. The molecule has 184 valence electrons. The molecule has 1 saturated carbocycles. The van der Waals surface area contributed by atoms with E-state index < -0.39 is 7.60 Å². The van der Waals surface area contributed by atoms with Gasteiger partial charge >= 0.3 is 7.60 Å².